The molecule has 20 heavy (non-hydrogen) atoms. The van der Waals surface area contributed by atoms with E-state index in [2.05, 4.69) is 27.7 Å². The Morgan fingerprint density at radius 1 is 1.35 bits per heavy atom. The van der Waals surface area contributed by atoms with Gasteiger partial charge >= 0.3 is 0 Å². The molecular formula is C17H32O2S. The van der Waals surface area contributed by atoms with Crippen molar-refractivity contribution in [3.63, 3.8) is 0 Å². The molecule has 1 aliphatic heterocycles. The lowest BCUT2D eigenvalue weighted by Crippen LogP contribution is -2.54. The van der Waals surface area contributed by atoms with Crippen LogP contribution in [0.3, 0.4) is 0 Å². The minimum absolute atomic E-state index is 0.0735. The van der Waals surface area contributed by atoms with Crippen molar-refractivity contribution in [3.8, 4) is 0 Å². The standard InChI is InChI=1S/C17H32O2S/c1-6-7-10-17(5,18)15-19-14-11-12(2)8-9-13(14)16(3,4)20-15/h12-15,18H,6-11H2,1-5H3/t12-,13-,14-,15-,17-/m1/s1. The fourth-order valence-corrected chi connectivity index (χ4v) is 5.32. The highest BCUT2D eigenvalue weighted by atomic mass is 32.2. The van der Waals surface area contributed by atoms with Crippen LogP contribution in [0.4, 0.5) is 0 Å². The molecule has 5 atom stereocenters. The summed E-state index contributed by atoms with van der Waals surface area (Å²) in [6.45, 7) is 11.2. The number of fused-ring (bicyclic) bond motifs is 1. The summed E-state index contributed by atoms with van der Waals surface area (Å²) in [6, 6.07) is 0. The van der Waals surface area contributed by atoms with Gasteiger partial charge in [0.1, 0.15) is 5.44 Å². The predicted octanol–water partition coefficient (Wildman–Crippen LogP) is 4.60. The summed E-state index contributed by atoms with van der Waals surface area (Å²) < 4.78 is 6.58. The molecule has 2 fully saturated rings. The minimum Gasteiger partial charge on any atom is -0.387 e. The third-order valence-electron chi connectivity index (χ3n) is 5.20. The Morgan fingerprint density at radius 2 is 2.05 bits per heavy atom. The van der Waals surface area contributed by atoms with E-state index in [1.165, 1.54) is 12.8 Å². The molecule has 1 saturated carbocycles. The minimum atomic E-state index is -0.705. The van der Waals surface area contributed by atoms with Crippen LogP contribution < -0.4 is 0 Å². The average Bonchev–Trinajstić information content (AvgIpc) is 2.34. The third kappa shape index (κ3) is 3.53. The van der Waals surface area contributed by atoms with Crippen molar-refractivity contribution in [1.82, 2.24) is 0 Å². The zero-order chi connectivity index (χ0) is 15.0. The number of thioether (sulfide) groups is 1. The van der Waals surface area contributed by atoms with Crippen LogP contribution in [0.1, 0.15) is 73.1 Å². The summed E-state index contributed by atoms with van der Waals surface area (Å²) in [6.07, 6.45) is 7.13. The smallest absolute Gasteiger partial charge is 0.132 e. The summed E-state index contributed by atoms with van der Waals surface area (Å²) >= 11 is 1.86. The number of aliphatic hydroxyl groups is 1. The summed E-state index contributed by atoms with van der Waals surface area (Å²) in [5.74, 6) is 1.40. The molecule has 0 aromatic heterocycles. The first-order valence-corrected chi connectivity index (χ1v) is 9.20. The Morgan fingerprint density at radius 3 is 2.70 bits per heavy atom. The molecule has 0 aromatic carbocycles. The Balaban J connectivity index is 2.10. The third-order valence-corrected chi connectivity index (χ3v) is 6.94. The van der Waals surface area contributed by atoms with Crippen LogP contribution in [0.15, 0.2) is 0 Å². The summed E-state index contributed by atoms with van der Waals surface area (Å²) in [4.78, 5) is 0. The molecule has 0 spiro atoms. The van der Waals surface area contributed by atoms with Crippen LogP contribution in [-0.2, 0) is 4.74 Å². The van der Waals surface area contributed by atoms with Gasteiger partial charge in [-0.15, -0.1) is 11.8 Å². The molecule has 0 aromatic rings. The highest BCUT2D eigenvalue weighted by Crippen LogP contribution is 2.52. The number of unbranched alkanes of at least 4 members (excludes halogenated alkanes) is 1. The normalized spacial score (nSPS) is 39.9. The van der Waals surface area contributed by atoms with E-state index in [-0.39, 0.29) is 10.2 Å². The molecule has 1 aliphatic carbocycles. The maximum Gasteiger partial charge on any atom is 0.132 e. The van der Waals surface area contributed by atoms with Crippen molar-refractivity contribution in [1.29, 1.82) is 0 Å². The Bertz CT molecular complexity index is 327. The van der Waals surface area contributed by atoms with Crippen molar-refractivity contribution < 1.29 is 9.84 Å². The van der Waals surface area contributed by atoms with E-state index >= 15 is 0 Å². The second kappa shape index (κ2) is 6.18. The zero-order valence-electron chi connectivity index (χ0n) is 13.8. The molecular weight excluding hydrogens is 268 g/mol. The van der Waals surface area contributed by atoms with Crippen molar-refractivity contribution >= 4 is 11.8 Å². The second-order valence-corrected chi connectivity index (χ2v) is 9.43. The molecule has 2 aliphatic rings. The second-order valence-electron chi connectivity index (χ2n) is 7.71. The fraction of sp³-hybridized carbons (Fsp3) is 1.00. The lowest BCUT2D eigenvalue weighted by molar-refractivity contribution is -0.129. The van der Waals surface area contributed by atoms with E-state index in [1.807, 2.05) is 18.7 Å². The maximum absolute atomic E-state index is 10.8. The average molecular weight is 301 g/mol. The van der Waals surface area contributed by atoms with Crippen LogP contribution in [0, 0.1) is 11.8 Å². The van der Waals surface area contributed by atoms with Crippen LogP contribution in [-0.4, -0.2) is 27.0 Å². The highest BCUT2D eigenvalue weighted by molar-refractivity contribution is 8.01. The number of hydrogen-bond acceptors (Lipinski definition) is 3. The zero-order valence-corrected chi connectivity index (χ0v) is 14.6. The van der Waals surface area contributed by atoms with E-state index in [0.717, 1.165) is 31.6 Å². The fourth-order valence-electron chi connectivity index (χ4n) is 3.75. The molecule has 118 valence electrons. The topological polar surface area (TPSA) is 29.5 Å². The molecule has 1 N–H and O–H groups in total. The Kier molecular flexibility index (Phi) is 5.14. The van der Waals surface area contributed by atoms with Crippen molar-refractivity contribution in [3.05, 3.63) is 0 Å². The van der Waals surface area contributed by atoms with Gasteiger partial charge in [0.15, 0.2) is 0 Å². The molecule has 0 unspecified atom stereocenters. The number of ether oxygens (including phenoxy) is 1. The van der Waals surface area contributed by atoms with Gasteiger partial charge in [-0.3, -0.25) is 0 Å². The van der Waals surface area contributed by atoms with E-state index in [1.54, 1.807) is 0 Å². The molecule has 0 radical (unpaired) electrons. The molecule has 2 rings (SSSR count). The quantitative estimate of drug-likeness (QED) is 0.822. The molecule has 0 amide bonds. The highest BCUT2D eigenvalue weighted by Gasteiger charge is 2.50. The SMILES string of the molecule is CCCC[C@@](C)(O)[C@@H]1O[C@@H]2C[C@H](C)CC[C@H]2C(C)(C)S1. The maximum atomic E-state index is 10.8. The van der Waals surface area contributed by atoms with Gasteiger partial charge in [-0.25, -0.2) is 0 Å². The summed E-state index contributed by atoms with van der Waals surface area (Å²) in [5.41, 5.74) is -0.778. The molecule has 0 bridgehead atoms. The van der Waals surface area contributed by atoms with Crippen molar-refractivity contribution in [2.45, 2.75) is 95.0 Å². The molecule has 2 nitrogen and oxygen atoms in total. The van der Waals surface area contributed by atoms with Crippen LogP contribution >= 0.6 is 11.8 Å². The van der Waals surface area contributed by atoms with Gasteiger partial charge in [0, 0.05) is 4.75 Å². The first-order valence-electron chi connectivity index (χ1n) is 8.32. The molecule has 1 heterocycles. The number of hydrogen-bond donors (Lipinski definition) is 1. The van der Waals surface area contributed by atoms with Gasteiger partial charge in [-0.1, -0.05) is 47.0 Å². The Labute approximate surface area is 129 Å². The Hall–Kier alpha value is 0.270. The first kappa shape index (κ1) is 16.6. The van der Waals surface area contributed by atoms with Gasteiger partial charge in [-0.05, 0) is 38.0 Å². The van der Waals surface area contributed by atoms with Gasteiger partial charge in [0.05, 0.1) is 11.7 Å². The van der Waals surface area contributed by atoms with E-state index in [9.17, 15) is 5.11 Å². The number of rotatable bonds is 4. The monoisotopic (exact) mass is 300 g/mol. The van der Waals surface area contributed by atoms with Gasteiger partial charge in [0.25, 0.3) is 0 Å². The van der Waals surface area contributed by atoms with Crippen LogP contribution in [0.2, 0.25) is 0 Å². The largest absolute Gasteiger partial charge is 0.387 e. The van der Waals surface area contributed by atoms with Crippen molar-refractivity contribution in [2.24, 2.45) is 11.8 Å². The van der Waals surface area contributed by atoms with Gasteiger partial charge < -0.3 is 9.84 Å². The first-order chi connectivity index (χ1) is 9.26. The summed E-state index contributed by atoms with van der Waals surface area (Å²) in [7, 11) is 0. The van der Waals surface area contributed by atoms with E-state index in [0.29, 0.717) is 12.0 Å². The lowest BCUT2D eigenvalue weighted by atomic mass is 9.74. The predicted molar refractivity (Wildman–Crippen MR) is 87.0 cm³/mol. The molecule has 3 heteroatoms. The van der Waals surface area contributed by atoms with Gasteiger partial charge in [-0.2, -0.15) is 0 Å². The molecule has 1 saturated heterocycles. The van der Waals surface area contributed by atoms with Gasteiger partial charge in [0.2, 0.25) is 0 Å². The lowest BCUT2D eigenvalue weighted by Gasteiger charge is -2.52. The van der Waals surface area contributed by atoms with Crippen LogP contribution in [0.5, 0.6) is 0 Å². The van der Waals surface area contributed by atoms with Crippen molar-refractivity contribution in [2.75, 3.05) is 0 Å². The van der Waals surface area contributed by atoms with E-state index in [4.69, 9.17) is 4.74 Å². The van der Waals surface area contributed by atoms with Crippen LogP contribution in [0.25, 0.3) is 0 Å². The van der Waals surface area contributed by atoms with E-state index < -0.39 is 5.60 Å². The summed E-state index contributed by atoms with van der Waals surface area (Å²) in [5, 5.41) is 10.8.